The molecule has 0 bridgehead atoms. The van der Waals surface area contributed by atoms with Crippen molar-refractivity contribution >= 4 is 12.1 Å². The quantitative estimate of drug-likeness (QED) is 0.622. The zero-order valence-corrected chi connectivity index (χ0v) is 8.08. The van der Waals surface area contributed by atoms with Gasteiger partial charge >= 0.3 is 0 Å². The van der Waals surface area contributed by atoms with Gasteiger partial charge in [-0.05, 0) is 30.6 Å². The first-order valence-corrected chi connectivity index (χ1v) is 5.16. The molecule has 0 N–H and O–H groups in total. The summed E-state index contributed by atoms with van der Waals surface area (Å²) in [7, 11) is 0. The van der Waals surface area contributed by atoms with Gasteiger partial charge in [0.15, 0.2) is 0 Å². The monoisotopic (exact) mass is 180 g/mol. The van der Waals surface area contributed by atoms with Crippen LogP contribution in [0.5, 0.6) is 0 Å². The number of carbonyl (C=O) groups is 2. The third kappa shape index (κ3) is 1.23. The average molecular weight is 180 g/mol. The number of ketones is 1. The molecule has 13 heavy (non-hydrogen) atoms. The summed E-state index contributed by atoms with van der Waals surface area (Å²) in [4.78, 5) is 21.8. The van der Waals surface area contributed by atoms with Crippen molar-refractivity contribution in [3.05, 3.63) is 0 Å². The number of Topliss-reactive ketones (excluding diaryl/α,β-unsaturated/α-hetero) is 1. The van der Waals surface area contributed by atoms with E-state index < -0.39 is 0 Å². The van der Waals surface area contributed by atoms with Crippen LogP contribution in [0.15, 0.2) is 0 Å². The van der Waals surface area contributed by atoms with Crippen molar-refractivity contribution in [3.63, 3.8) is 0 Å². The Labute approximate surface area is 78.7 Å². The number of aldehydes is 1. The van der Waals surface area contributed by atoms with Crippen LogP contribution < -0.4 is 0 Å². The minimum Gasteiger partial charge on any atom is -0.303 e. The Bertz CT molecular complexity index is 246. The summed E-state index contributed by atoms with van der Waals surface area (Å²) in [5.74, 6) is 1.36. The minimum absolute atomic E-state index is 0.189. The van der Waals surface area contributed by atoms with E-state index in [1.807, 2.05) is 0 Å². The van der Waals surface area contributed by atoms with E-state index in [1.54, 1.807) is 0 Å². The molecular formula is C11H16O2. The van der Waals surface area contributed by atoms with E-state index in [9.17, 15) is 9.59 Å². The smallest absolute Gasteiger partial charge is 0.136 e. The van der Waals surface area contributed by atoms with Gasteiger partial charge in [0.2, 0.25) is 0 Å². The highest BCUT2D eigenvalue weighted by Gasteiger charge is 2.63. The second-order valence-corrected chi connectivity index (χ2v) is 4.65. The molecule has 0 aromatic carbocycles. The molecule has 0 radical (unpaired) electrons. The number of rotatable bonds is 3. The van der Waals surface area contributed by atoms with Crippen LogP contribution in [0, 0.1) is 17.3 Å². The van der Waals surface area contributed by atoms with Gasteiger partial charge in [-0.3, -0.25) is 4.79 Å². The summed E-state index contributed by atoms with van der Waals surface area (Å²) in [6.07, 6.45) is 5.55. The predicted octanol–water partition coefficient (Wildman–Crippen LogP) is 1.97. The summed E-state index contributed by atoms with van der Waals surface area (Å²) in [6.45, 7) is 2.18. The van der Waals surface area contributed by atoms with Gasteiger partial charge in [-0.1, -0.05) is 6.92 Å². The highest BCUT2D eigenvalue weighted by molar-refractivity contribution is 5.86. The number of carbonyl (C=O) groups excluding carboxylic acids is 2. The van der Waals surface area contributed by atoms with Crippen LogP contribution in [-0.4, -0.2) is 12.1 Å². The molecular weight excluding hydrogens is 164 g/mol. The maximum Gasteiger partial charge on any atom is 0.136 e. The summed E-state index contributed by atoms with van der Waals surface area (Å²) < 4.78 is 0. The van der Waals surface area contributed by atoms with Gasteiger partial charge in [-0.2, -0.15) is 0 Å². The Kier molecular flexibility index (Phi) is 2.01. The highest BCUT2D eigenvalue weighted by Crippen LogP contribution is 2.65. The fourth-order valence-corrected chi connectivity index (χ4v) is 3.11. The van der Waals surface area contributed by atoms with E-state index in [0.717, 1.165) is 25.5 Å². The Morgan fingerprint density at radius 1 is 1.62 bits per heavy atom. The maximum atomic E-state index is 11.5. The van der Waals surface area contributed by atoms with Crippen LogP contribution in [0.3, 0.4) is 0 Å². The normalized spacial score (nSPS) is 42.7. The Morgan fingerprint density at radius 3 is 3.00 bits per heavy atom. The van der Waals surface area contributed by atoms with Crippen molar-refractivity contribution in [2.45, 2.75) is 39.0 Å². The van der Waals surface area contributed by atoms with Crippen molar-refractivity contribution in [2.75, 3.05) is 0 Å². The maximum absolute atomic E-state index is 11.5. The molecule has 2 heteroatoms. The molecule has 3 atom stereocenters. The van der Waals surface area contributed by atoms with Crippen LogP contribution in [0.1, 0.15) is 39.0 Å². The molecule has 0 saturated heterocycles. The van der Waals surface area contributed by atoms with Crippen molar-refractivity contribution in [2.24, 2.45) is 17.3 Å². The molecule has 72 valence electrons. The first-order valence-electron chi connectivity index (χ1n) is 5.16. The number of hydrogen-bond donors (Lipinski definition) is 0. The second-order valence-electron chi connectivity index (χ2n) is 4.65. The van der Waals surface area contributed by atoms with Gasteiger partial charge in [0, 0.05) is 18.8 Å². The Balaban J connectivity index is 2.02. The third-order valence-electron chi connectivity index (χ3n) is 3.94. The van der Waals surface area contributed by atoms with Gasteiger partial charge in [0.25, 0.3) is 0 Å². The highest BCUT2D eigenvalue weighted by atomic mass is 16.1. The molecule has 0 spiro atoms. The van der Waals surface area contributed by atoms with E-state index in [4.69, 9.17) is 0 Å². The van der Waals surface area contributed by atoms with E-state index in [2.05, 4.69) is 6.92 Å². The zero-order valence-electron chi connectivity index (χ0n) is 8.08. The number of fused-ring (bicyclic) bond motifs is 1. The lowest BCUT2D eigenvalue weighted by molar-refractivity contribution is -0.122. The Hall–Kier alpha value is -0.660. The van der Waals surface area contributed by atoms with Crippen LogP contribution >= 0.6 is 0 Å². The van der Waals surface area contributed by atoms with Crippen molar-refractivity contribution in [1.29, 1.82) is 0 Å². The van der Waals surface area contributed by atoms with Gasteiger partial charge in [0.1, 0.15) is 12.1 Å². The standard InChI is InChI=1S/C11H16O2/c1-11(6-3-7-12)8-4-2-5-9(13)10(8)11/h7-8,10H,2-6H2,1H3. The fraction of sp³-hybridized carbons (Fsp3) is 0.818. The summed E-state index contributed by atoms with van der Waals surface area (Å²) >= 11 is 0. The van der Waals surface area contributed by atoms with Gasteiger partial charge in [-0.15, -0.1) is 0 Å². The molecule has 2 rings (SSSR count). The second kappa shape index (κ2) is 2.93. The first-order chi connectivity index (χ1) is 6.20. The van der Waals surface area contributed by atoms with Crippen LogP contribution in [0.25, 0.3) is 0 Å². The lowest BCUT2D eigenvalue weighted by Crippen LogP contribution is -2.09. The van der Waals surface area contributed by atoms with Crippen LogP contribution in [0.4, 0.5) is 0 Å². The molecule has 0 aromatic heterocycles. The average Bonchev–Trinajstić information content (AvgIpc) is 2.72. The molecule has 2 saturated carbocycles. The fourth-order valence-electron chi connectivity index (χ4n) is 3.11. The van der Waals surface area contributed by atoms with Crippen molar-refractivity contribution in [3.8, 4) is 0 Å². The largest absolute Gasteiger partial charge is 0.303 e. The van der Waals surface area contributed by atoms with E-state index in [1.165, 1.54) is 6.42 Å². The van der Waals surface area contributed by atoms with Gasteiger partial charge in [-0.25, -0.2) is 0 Å². The molecule has 3 unspecified atom stereocenters. The SMILES string of the molecule is CC1(CCC=O)C2CCCC(=O)C21. The van der Waals surface area contributed by atoms with Crippen LogP contribution in [0.2, 0.25) is 0 Å². The molecule has 0 aromatic rings. The molecule has 2 fully saturated rings. The number of hydrogen-bond acceptors (Lipinski definition) is 2. The van der Waals surface area contributed by atoms with E-state index in [-0.39, 0.29) is 5.41 Å². The molecule has 2 aliphatic carbocycles. The van der Waals surface area contributed by atoms with E-state index in [0.29, 0.717) is 24.0 Å². The molecule has 0 amide bonds. The van der Waals surface area contributed by atoms with Crippen molar-refractivity contribution in [1.82, 2.24) is 0 Å². The Morgan fingerprint density at radius 2 is 2.38 bits per heavy atom. The first kappa shape index (κ1) is 8.92. The third-order valence-corrected chi connectivity index (χ3v) is 3.94. The lowest BCUT2D eigenvalue weighted by Gasteiger charge is -2.06. The molecule has 2 aliphatic rings. The summed E-state index contributed by atoms with van der Waals surface area (Å²) in [5.41, 5.74) is 0.189. The lowest BCUT2D eigenvalue weighted by atomic mass is 9.97. The zero-order chi connectivity index (χ0) is 9.47. The minimum atomic E-state index is 0.189. The summed E-state index contributed by atoms with van der Waals surface area (Å²) in [5, 5.41) is 0. The van der Waals surface area contributed by atoms with Gasteiger partial charge < -0.3 is 4.79 Å². The molecule has 0 aliphatic heterocycles. The summed E-state index contributed by atoms with van der Waals surface area (Å²) in [6, 6.07) is 0. The van der Waals surface area contributed by atoms with Crippen LogP contribution in [-0.2, 0) is 9.59 Å². The molecule has 0 heterocycles. The van der Waals surface area contributed by atoms with Crippen molar-refractivity contribution < 1.29 is 9.59 Å². The topological polar surface area (TPSA) is 34.1 Å². The van der Waals surface area contributed by atoms with Gasteiger partial charge in [0.05, 0.1) is 0 Å². The molecule has 2 nitrogen and oxygen atoms in total. The van der Waals surface area contributed by atoms with E-state index >= 15 is 0 Å². The predicted molar refractivity (Wildman–Crippen MR) is 49.2 cm³/mol.